The minimum Gasteiger partial charge on any atom is -0.487 e. The summed E-state index contributed by atoms with van der Waals surface area (Å²) in [5.74, 6) is 2.06. The molecule has 4 heteroatoms. The molecule has 3 radical (unpaired) electrons. The van der Waals surface area contributed by atoms with Gasteiger partial charge in [-0.3, -0.25) is 0 Å². The summed E-state index contributed by atoms with van der Waals surface area (Å²) < 4.78 is 17.5. The van der Waals surface area contributed by atoms with Crippen molar-refractivity contribution in [3.8, 4) is 17.2 Å². The van der Waals surface area contributed by atoms with Crippen molar-refractivity contribution in [3.05, 3.63) is 12.1 Å². The van der Waals surface area contributed by atoms with Gasteiger partial charge in [-0.15, -0.1) is 0 Å². The van der Waals surface area contributed by atoms with Crippen LogP contribution < -0.4 is 19.4 Å². The molecule has 0 atom stereocenters. The third-order valence-corrected chi connectivity index (χ3v) is 2.54. The molecular formula is C15H23O3Si. The zero-order valence-corrected chi connectivity index (χ0v) is 13.6. The molecule has 0 aliphatic rings. The van der Waals surface area contributed by atoms with Crippen molar-refractivity contribution in [1.29, 1.82) is 0 Å². The summed E-state index contributed by atoms with van der Waals surface area (Å²) in [5, 5.41) is 0.862. The van der Waals surface area contributed by atoms with Crippen LogP contribution in [-0.4, -0.2) is 28.6 Å². The lowest BCUT2D eigenvalue weighted by molar-refractivity contribution is 0.177. The van der Waals surface area contributed by atoms with E-state index in [2.05, 4.69) is 10.2 Å². The van der Waals surface area contributed by atoms with Crippen LogP contribution in [0.1, 0.15) is 41.5 Å². The monoisotopic (exact) mass is 279 g/mol. The molecule has 1 aromatic rings. The molecule has 0 aliphatic carbocycles. The van der Waals surface area contributed by atoms with Crippen molar-refractivity contribution < 1.29 is 14.2 Å². The van der Waals surface area contributed by atoms with Gasteiger partial charge >= 0.3 is 0 Å². The van der Waals surface area contributed by atoms with Gasteiger partial charge in [-0.1, -0.05) is 6.07 Å². The summed E-state index contributed by atoms with van der Waals surface area (Å²) in [7, 11) is 3.56. The Morgan fingerprint density at radius 1 is 0.737 bits per heavy atom. The SMILES string of the molecule is CC(C)Oc1ccc([Si])c(OC(C)C)c1OC(C)C. The van der Waals surface area contributed by atoms with Crippen LogP contribution in [0.15, 0.2) is 12.1 Å². The van der Waals surface area contributed by atoms with Gasteiger partial charge in [-0.05, 0) is 52.8 Å². The van der Waals surface area contributed by atoms with Gasteiger partial charge in [-0.25, -0.2) is 0 Å². The second-order valence-electron chi connectivity index (χ2n) is 5.27. The van der Waals surface area contributed by atoms with E-state index in [-0.39, 0.29) is 18.3 Å². The van der Waals surface area contributed by atoms with Gasteiger partial charge in [0.2, 0.25) is 5.75 Å². The second-order valence-corrected chi connectivity index (χ2v) is 5.81. The molecule has 105 valence electrons. The molecule has 1 rings (SSSR count). The van der Waals surface area contributed by atoms with Crippen LogP contribution in [-0.2, 0) is 0 Å². The highest BCUT2D eigenvalue weighted by molar-refractivity contribution is 6.34. The van der Waals surface area contributed by atoms with E-state index in [1.807, 2.05) is 53.7 Å². The highest BCUT2D eigenvalue weighted by Crippen LogP contribution is 2.37. The summed E-state index contributed by atoms with van der Waals surface area (Å²) in [4.78, 5) is 0. The molecule has 0 N–H and O–H groups in total. The van der Waals surface area contributed by atoms with Gasteiger partial charge < -0.3 is 14.2 Å². The number of hydrogen-bond acceptors (Lipinski definition) is 3. The van der Waals surface area contributed by atoms with Crippen LogP contribution in [0, 0.1) is 0 Å². The summed E-state index contributed by atoms with van der Waals surface area (Å²) in [6.45, 7) is 11.9. The topological polar surface area (TPSA) is 27.7 Å². The molecule has 0 bridgehead atoms. The minimum atomic E-state index is 0.0532. The molecule has 0 saturated carbocycles. The lowest BCUT2D eigenvalue weighted by atomic mass is 10.2. The second kappa shape index (κ2) is 6.85. The van der Waals surface area contributed by atoms with E-state index in [0.29, 0.717) is 17.2 Å². The highest BCUT2D eigenvalue weighted by Gasteiger charge is 2.18. The van der Waals surface area contributed by atoms with Crippen molar-refractivity contribution in [2.75, 3.05) is 0 Å². The first-order chi connectivity index (χ1) is 8.81. The Balaban J connectivity index is 3.23. The van der Waals surface area contributed by atoms with Gasteiger partial charge in [0.05, 0.1) is 28.6 Å². The van der Waals surface area contributed by atoms with Crippen molar-refractivity contribution in [2.45, 2.75) is 59.9 Å². The van der Waals surface area contributed by atoms with Crippen LogP contribution >= 0.6 is 0 Å². The van der Waals surface area contributed by atoms with Crippen molar-refractivity contribution in [2.24, 2.45) is 0 Å². The van der Waals surface area contributed by atoms with Crippen LogP contribution in [0.5, 0.6) is 17.2 Å². The lowest BCUT2D eigenvalue weighted by Crippen LogP contribution is -2.19. The van der Waals surface area contributed by atoms with E-state index in [0.717, 1.165) is 5.19 Å². The third-order valence-electron chi connectivity index (χ3n) is 2.15. The standard InChI is InChI=1S/C15H23O3Si/c1-9(2)16-12-7-8-13(19)15(18-11(5)6)14(12)17-10(3)4/h7-11H,1-6H3. The van der Waals surface area contributed by atoms with Gasteiger partial charge in [0.1, 0.15) is 0 Å². The summed E-state index contributed by atoms with van der Waals surface area (Å²) in [5.41, 5.74) is 0. The Morgan fingerprint density at radius 3 is 1.68 bits per heavy atom. The predicted octanol–water partition coefficient (Wildman–Crippen LogP) is 2.84. The first-order valence-electron chi connectivity index (χ1n) is 6.69. The first kappa shape index (κ1) is 15.9. The van der Waals surface area contributed by atoms with Crippen molar-refractivity contribution >= 4 is 15.4 Å². The van der Waals surface area contributed by atoms with E-state index >= 15 is 0 Å². The van der Waals surface area contributed by atoms with Gasteiger partial charge in [0, 0.05) is 0 Å². The molecule has 0 saturated heterocycles. The van der Waals surface area contributed by atoms with Crippen molar-refractivity contribution in [3.63, 3.8) is 0 Å². The average molecular weight is 279 g/mol. The molecule has 0 heterocycles. The minimum absolute atomic E-state index is 0.0532. The fourth-order valence-corrected chi connectivity index (χ4v) is 1.85. The summed E-state index contributed by atoms with van der Waals surface area (Å²) in [6.07, 6.45) is 0.207. The largest absolute Gasteiger partial charge is 0.487 e. The Labute approximate surface area is 119 Å². The summed E-state index contributed by atoms with van der Waals surface area (Å²) >= 11 is 0. The molecule has 0 unspecified atom stereocenters. The Hall–Kier alpha value is -1.16. The maximum Gasteiger partial charge on any atom is 0.203 e. The molecule has 19 heavy (non-hydrogen) atoms. The summed E-state index contributed by atoms with van der Waals surface area (Å²) in [6, 6.07) is 3.81. The normalized spacial score (nSPS) is 11.3. The average Bonchev–Trinajstić information content (AvgIpc) is 2.25. The Bertz CT molecular complexity index is 414. The molecule has 3 nitrogen and oxygen atoms in total. The van der Waals surface area contributed by atoms with E-state index in [9.17, 15) is 0 Å². The van der Waals surface area contributed by atoms with Crippen LogP contribution in [0.3, 0.4) is 0 Å². The quantitative estimate of drug-likeness (QED) is 0.749. The lowest BCUT2D eigenvalue weighted by Gasteiger charge is -2.22. The molecule has 0 aliphatic heterocycles. The Morgan fingerprint density at radius 2 is 1.21 bits per heavy atom. The number of rotatable bonds is 6. The fraction of sp³-hybridized carbons (Fsp3) is 0.600. The molecule has 0 aromatic heterocycles. The van der Waals surface area contributed by atoms with E-state index < -0.39 is 0 Å². The maximum atomic E-state index is 5.88. The van der Waals surface area contributed by atoms with E-state index in [4.69, 9.17) is 14.2 Å². The Kier molecular flexibility index (Phi) is 5.73. The third kappa shape index (κ3) is 4.78. The molecule has 0 fully saturated rings. The predicted molar refractivity (Wildman–Crippen MR) is 79.1 cm³/mol. The molecular weight excluding hydrogens is 256 g/mol. The maximum absolute atomic E-state index is 5.88. The zero-order valence-electron chi connectivity index (χ0n) is 12.6. The van der Waals surface area contributed by atoms with Gasteiger partial charge in [0.15, 0.2) is 11.5 Å². The van der Waals surface area contributed by atoms with Crippen LogP contribution in [0.25, 0.3) is 0 Å². The fourth-order valence-electron chi connectivity index (χ4n) is 1.59. The molecule has 0 spiro atoms. The van der Waals surface area contributed by atoms with E-state index in [1.54, 1.807) is 0 Å². The number of ether oxygens (including phenoxy) is 3. The number of hydrogen-bond donors (Lipinski definition) is 0. The number of benzene rings is 1. The van der Waals surface area contributed by atoms with Gasteiger partial charge in [0.25, 0.3) is 0 Å². The van der Waals surface area contributed by atoms with Crippen LogP contribution in [0.2, 0.25) is 0 Å². The highest BCUT2D eigenvalue weighted by atomic mass is 28.1. The first-order valence-corrected chi connectivity index (χ1v) is 7.19. The zero-order chi connectivity index (χ0) is 14.6. The molecule has 0 amide bonds. The smallest absolute Gasteiger partial charge is 0.203 e. The van der Waals surface area contributed by atoms with Gasteiger partial charge in [-0.2, -0.15) is 0 Å². The van der Waals surface area contributed by atoms with Crippen LogP contribution in [0.4, 0.5) is 0 Å². The van der Waals surface area contributed by atoms with Crippen molar-refractivity contribution in [1.82, 2.24) is 0 Å². The van der Waals surface area contributed by atoms with E-state index in [1.165, 1.54) is 0 Å². The molecule has 1 aromatic carbocycles.